The number of nitrogens with one attached hydrogen (secondary N) is 1. The van der Waals surface area contributed by atoms with Gasteiger partial charge in [-0.25, -0.2) is 14.4 Å². The van der Waals surface area contributed by atoms with E-state index in [2.05, 4.69) is 15.3 Å². The number of halogens is 1. The van der Waals surface area contributed by atoms with E-state index < -0.39 is 0 Å². The highest BCUT2D eigenvalue weighted by molar-refractivity contribution is 7.21. The van der Waals surface area contributed by atoms with Crippen molar-refractivity contribution in [1.82, 2.24) is 19.9 Å². The molecule has 1 aliphatic heterocycles. The summed E-state index contributed by atoms with van der Waals surface area (Å²) in [5.41, 5.74) is 0.739. The van der Waals surface area contributed by atoms with E-state index in [0.717, 1.165) is 19.3 Å². The van der Waals surface area contributed by atoms with Crippen LogP contribution >= 0.6 is 11.3 Å². The number of benzene rings is 1. The van der Waals surface area contributed by atoms with Gasteiger partial charge in [0.05, 0.1) is 0 Å². The number of thiazole rings is 1. The molecule has 2 fully saturated rings. The fourth-order valence-corrected chi connectivity index (χ4v) is 5.13. The molecule has 7 nitrogen and oxygen atoms in total. The Morgan fingerprint density at radius 1 is 1.27 bits per heavy atom. The van der Waals surface area contributed by atoms with Crippen molar-refractivity contribution in [3.8, 4) is 0 Å². The van der Waals surface area contributed by atoms with Crippen LogP contribution in [0.3, 0.4) is 0 Å². The second kappa shape index (κ2) is 7.46. The fourth-order valence-electron chi connectivity index (χ4n) is 4.07. The van der Waals surface area contributed by atoms with Crippen LogP contribution in [0.2, 0.25) is 0 Å². The van der Waals surface area contributed by atoms with E-state index in [-0.39, 0.29) is 35.9 Å². The second-order valence-corrected chi connectivity index (χ2v) is 8.83. The summed E-state index contributed by atoms with van der Waals surface area (Å²) in [6.45, 7) is 2.68. The molecule has 0 radical (unpaired) electrons. The van der Waals surface area contributed by atoms with Crippen molar-refractivity contribution in [3.63, 3.8) is 0 Å². The summed E-state index contributed by atoms with van der Waals surface area (Å²) in [6.07, 6.45) is 3.55. The zero-order valence-electron chi connectivity index (χ0n) is 16.6. The van der Waals surface area contributed by atoms with Crippen molar-refractivity contribution in [2.24, 2.45) is 0 Å². The summed E-state index contributed by atoms with van der Waals surface area (Å²) >= 11 is 1.35. The Bertz CT molecular complexity index is 1190. The molecule has 2 aromatic heterocycles. The van der Waals surface area contributed by atoms with E-state index in [9.17, 15) is 14.0 Å². The minimum absolute atomic E-state index is 0.0951. The number of nitrogens with zero attached hydrogens (tertiary/aromatic N) is 4. The van der Waals surface area contributed by atoms with Gasteiger partial charge in [0.2, 0.25) is 5.91 Å². The third-order valence-electron chi connectivity index (χ3n) is 5.76. The number of aryl methyl sites for hydroxylation is 1. The number of aromatic nitrogens is 3. The highest BCUT2D eigenvalue weighted by Crippen LogP contribution is 2.36. The van der Waals surface area contributed by atoms with E-state index in [0.29, 0.717) is 39.8 Å². The van der Waals surface area contributed by atoms with Crippen LogP contribution in [0.1, 0.15) is 43.1 Å². The Kier molecular flexibility index (Phi) is 4.77. The average Bonchev–Trinajstić information content (AvgIpc) is 3.26. The van der Waals surface area contributed by atoms with Crippen LogP contribution in [-0.4, -0.2) is 33.0 Å². The van der Waals surface area contributed by atoms with Crippen LogP contribution in [0.15, 0.2) is 29.1 Å². The number of carbonyl (C=O) groups is 1. The van der Waals surface area contributed by atoms with Gasteiger partial charge in [-0.3, -0.25) is 14.2 Å². The van der Waals surface area contributed by atoms with Crippen molar-refractivity contribution in [1.29, 1.82) is 0 Å². The first-order valence-corrected chi connectivity index (χ1v) is 11.0. The number of amides is 1. The maximum absolute atomic E-state index is 13.8. The van der Waals surface area contributed by atoms with E-state index >= 15 is 0 Å². The molecule has 0 bridgehead atoms. The average molecular weight is 428 g/mol. The number of anilines is 1. The number of rotatable bonds is 5. The monoisotopic (exact) mass is 427 g/mol. The van der Waals surface area contributed by atoms with Crippen molar-refractivity contribution in [3.05, 3.63) is 51.8 Å². The first-order chi connectivity index (χ1) is 14.5. The summed E-state index contributed by atoms with van der Waals surface area (Å²) in [5, 5.41) is 3.49. The Labute approximate surface area is 176 Å². The van der Waals surface area contributed by atoms with Gasteiger partial charge in [-0.1, -0.05) is 29.5 Å². The van der Waals surface area contributed by atoms with Gasteiger partial charge in [0.1, 0.15) is 17.7 Å². The predicted octanol–water partition coefficient (Wildman–Crippen LogP) is 2.92. The van der Waals surface area contributed by atoms with Crippen molar-refractivity contribution < 1.29 is 9.18 Å². The van der Waals surface area contributed by atoms with Gasteiger partial charge < -0.3 is 10.2 Å². The molecule has 3 heterocycles. The number of hydrogen-bond acceptors (Lipinski definition) is 6. The minimum Gasteiger partial charge on any atom is -0.350 e. The van der Waals surface area contributed by atoms with E-state index in [1.165, 1.54) is 17.4 Å². The summed E-state index contributed by atoms with van der Waals surface area (Å²) in [4.78, 5) is 37.5. The van der Waals surface area contributed by atoms with Crippen molar-refractivity contribution in [2.75, 3.05) is 11.4 Å². The lowest BCUT2D eigenvalue weighted by Gasteiger charge is -2.23. The van der Waals surface area contributed by atoms with E-state index in [1.807, 2.05) is 11.8 Å². The summed E-state index contributed by atoms with van der Waals surface area (Å²) in [6, 6.07) is 6.27. The first kappa shape index (κ1) is 19.2. The Morgan fingerprint density at radius 2 is 2.07 bits per heavy atom. The quantitative estimate of drug-likeness (QED) is 0.677. The first-order valence-electron chi connectivity index (χ1n) is 10.2. The lowest BCUT2D eigenvalue weighted by Crippen LogP contribution is -2.43. The molecule has 9 heteroatoms. The second-order valence-electron chi connectivity index (χ2n) is 7.88. The highest BCUT2D eigenvalue weighted by atomic mass is 32.1. The minimum atomic E-state index is -0.385. The molecule has 1 N–H and O–H groups in total. The fraction of sp³-hybridized carbons (Fsp3) is 0.429. The maximum atomic E-state index is 13.8. The predicted molar refractivity (Wildman–Crippen MR) is 113 cm³/mol. The summed E-state index contributed by atoms with van der Waals surface area (Å²) in [5.74, 6) is 0.223. The molecule has 1 saturated heterocycles. The molecule has 3 aromatic rings. The molecule has 0 spiro atoms. The Balaban J connectivity index is 1.38. The van der Waals surface area contributed by atoms with Crippen molar-refractivity contribution in [2.45, 2.75) is 51.2 Å². The van der Waals surface area contributed by atoms with Crippen LogP contribution < -0.4 is 15.8 Å². The van der Waals surface area contributed by atoms with Crippen LogP contribution in [-0.2, 0) is 11.3 Å². The molecule has 0 unspecified atom stereocenters. The van der Waals surface area contributed by atoms with Gasteiger partial charge in [-0.05, 0) is 38.7 Å². The van der Waals surface area contributed by atoms with Gasteiger partial charge in [0.15, 0.2) is 15.5 Å². The molecule has 5 rings (SSSR count). The SMILES string of the molecule is Cc1nc2sc(N3CCC[C@@H]3C(=O)NCc3ccccc3F)nc2c(=O)n1C1CC1. The smallest absolute Gasteiger partial charge is 0.281 e. The van der Waals surface area contributed by atoms with E-state index in [1.54, 1.807) is 22.8 Å². The van der Waals surface area contributed by atoms with Gasteiger partial charge in [0.25, 0.3) is 5.56 Å². The number of hydrogen-bond donors (Lipinski definition) is 1. The maximum Gasteiger partial charge on any atom is 0.281 e. The highest BCUT2D eigenvalue weighted by Gasteiger charge is 2.34. The normalized spacial score (nSPS) is 18.9. The van der Waals surface area contributed by atoms with Crippen LogP contribution in [0.4, 0.5) is 9.52 Å². The molecule has 1 aliphatic carbocycles. The van der Waals surface area contributed by atoms with Crippen molar-refractivity contribution >= 4 is 32.7 Å². The zero-order valence-corrected chi connectivity index (χ0v) is 17.4. The molecule has 1 saturated carbocycles. The Morgan fingerprint density at radius 3 is 2.83 bits per heavy atom. The lowest BCUT2D eigenvalue weighted by atomic mass is 10.2. The van der Waals surface area contributed by atoms with Crippen LogP contribution in [0.25, 0.3) is 10.3 Å². The third-order valence-corrected chi connectivity index (χ3v) is 6.74. The van der Waals surface area contributed by atoms with Gasteiger partial charge >= 0.3 is 0 Å². The summed E-state index contributed by atoms with van der Waals surface area (Å²) in [7, 11) is 0. The molecular weight excluding hydrogens is 405 g/mol. The molecule has 2 aliphatic rings. The molecule has 1 amide bonds. The largest absolute Gasteiger partial charge is 0.350 e. The zero-order chi connectivity index (χ0) is 20.8. The molecular formula is C21H22FN5O2S. The van der Waals surface area contributed by atoms with Crippen LogP contribution in [0, 0.1) is 12.7 Å². The van der Waals surface area contributed by atoms with Gasteiger partial charge in [0, 0.05) is 24.7 Å². The standard InChI is InChI=1S/C21H22FN5O2S/c1-12-24-19-17(20(29)27(12)14-8-9-14)25-21(30-19)26-10-4-7-16(26)18(28)23-11-13-5-2-3-6-15(13)22/h2-3,5-6,14,16H,4,7-11H2,1H3,(H,23,28)/t16-/m1/s1. The number of fused-ring (bicyclic) bond motifs is 1. The lowest BCUT2D eigenvalue weighted by molar-refractivity contribution is -0.122. The third kappa shape index (κ3) is 3.36. The number of carbonyl (C=O) groups excluding carboxylic acids is 1. The van der Waals surface area contributed by atoms with Gasteiger partial charge in [-0.15, -0.1) is 0 Å². The Hall–Kier alpha value is -2.81. The molecule has 156 valence electrons. The molecule has 1 aromatic carbocycles. The topological polar surface area (TPSA) is 80.1 Å². The molecule has 30 heavy (non-hydrogen) atoms. The van der Waals surface area contributed by atoms with E-state index in [4.69, 9.17) is 0 Å². The summed E-state index contributed by atoms with van der Waals surface area (Å²) < 4.78 is 15.6. The van der Waals surface area contributed by atoms with Crippen LogP contribution in [0.5, 0.6) is 0 Å². The molecule has 1 atom stereocenters. The van der Waals surface area contributed by atoms with Gasteiger partial charge in [-0.2, -0.15) is 0 Å².